The fourth-order valence-electron chi connectivity index (χ4n) is 2.67. The minimum atomic E-state index is -0.407. The molecule has 1 aromatic carbocycles. The number of carbonyl (C=O) groups excluding carboxylic acids is 1. The van der Waals surface area contributed by atoms with Gasteiger partial charge < -0.3 is 19.5 Å². The molecular weight excluding hydrogens is 320 g/mol. The van der Waals surface area contributed by atoms with Gasteiger partial charge in [-0.2, -0.15) is 5.26 Å². The van der Waals surface area contributed by atoms with Crippen LogP contribution in [0, 0.1) is 11.3 Å². The molecule has 1 aromatic rings. The number of ether oxygens (including phenoxy) is 3. The second-order valence-electron chi connectivity index (χ2n) is 5.84. The molecule has 25 heavy (non-hydrogen) atoms. The number of nitrogens with zero attached hydrogens (tertiary/aromatic N) is 1. The first-order valence-electron chi connectivity index (χ1n) is 8.44. The van der Waals surface area contributed by atoms with Crippen LogP contribution in [0.2, 0.25) is 0 Å². The molecule has 1 heterocycles. The Morgan fingerprint density at radius 2 is 2.32 bits per heavy atom. The van der Waals surface area contributed by atoms with E-state index in [9.17, 15) is 10.1 Å². The number of hydrogen-bond donors (Lipinski definition) is 1. The maximum atomic E-state index is 12.2. The third-order valence-corrected chi connectivity index (χ3v) is 3.80. The van der Waals surface area contributed by atoms with E-state index in [2.05, 4.69) is 5.32 Å². The van der Waals surface area contributed by atoms with Gasteiger partial charge in [0, 0.05) is 37.8 Å². The van der Waals surface area contributed by atoms with Crippen molar-refractivity contribution in [3.63, 3.8) is 0 Å². The van der Waals surface area contributed by atoms with Gasteiger partial charge in [-0.25, -0.2) is 0 Å². The highest BCUT2D eigenvalue weighted by atomic mass is 16.5. The average Bonchev–Trinajstić information content (AvgIpc) is 2.95. The summed E-state index contributed by atoms with van der Waals surface area (Å²) in [6.07, 6.45) is 3.17. The number of fused-ring (bicyclic) bond motifs is 1. The van der Waals surface area contributed by atoms with Crippen LogP contribution in [0.5, 0.6) is 11.5 Å². The van der Waals surface area contributed by atoms with Crippen molar-refractivity contribution in [2.45, 2.75) is 32.8 Å². The van der Waals surface area contributed by atoms with E-state index in [1.165, 1.54) is 0 Å². The Hall–Kier alpha value is -2.52. The summed E-state index contributed by atoms with van der Waals surface area (Å²) in [4.78, 5) is 12.2. The van der Waals surface area contributed by atoms with Gasteiger partial charge in [0.05, 0.1) is 6.61 Å². The van der Waals surface area contributed by atoms with Crippen LogP contribution < -0.4 is 14.8 Å². The van der Waals surface area contributed by atoms with Gasteiger partial charge in [-0.15, -0.1) is 0 Å². The topological polar surface area (TPSA) is 80.6 Å². The summed E-state index contributed by atoms with van der Waals surface area (Å²) in [6, 6.07) is 5.72. The predicted octanol–water partition coefficient (Wildman–Crippen LogP) is 2.47. The molecule has 0 radical (unpaired) electrons. The van der Waals surface area contributed by atoms with Crippen molar-refractivity contribution in [2.24, 2.45) is 0 Å². The molecule has 1 unspecified atom stereocenters. The zero-order chi connectivity index (χ0) is 18.2. The number of hydrogen-bond acceptors (Lipinski definition) is 5. The van der Waals surface area contributed by atoms with Crippen LogP contribution in [0.1, 0.15) is 31.4 Å². The zero-order valence-corrected chi connectivity index (χ0v) is 14.9. The zero-order valence-electron chi connectivity index (χ0n) is 14.9. The molecule has 6 nitrogen and oxygen atoms in total. The van der Waals surface area contributed by atoms with Crippen molar-refractivity contribution in [1.29, 1.82) is 5.26 Å². The first kappa shape index (κ1) is 18.8. The minimum absolute atomic E-state index is 0.0318. The maximum absolute atomic E-state index is 12.2. The van der Waals surface area contributed by atoms with Gasteiger partial charge in [0.1, 0.15) is 29.2 Å². The Morgan fingerprint density at radius 3 is 3.00 bits per heavy atom. The molecule has 6 heteroatoms. The van der Waals surface area contributed by atoms with Gasteiger partial charge in [-0.05, 0) is 38.5 Å². The van der Waals surface area contributed by atoms with Gasteiger partial charge in [-0.3, -0.25) is 4.79 Å². The smallest absolute Gasteiger partial charge is 0.261 e. The lowest BCUT2D eigenvalue weighted by molar-refractivity contribution is -0.117. The quantitative estimate of drug-likeness (QED) is 0.445. The van der Waals surface area contributed by atoms with Gasteiger partial charge >= 0.3 is 0 Å². The van der Waals surface area contributed by atoms with Crippen LogP contribution in [-0.2, 0) is 16.0 Å². The standard InChI is InChI=1S/C19H24N2O4/c1-4-24-17-10-14-8-13(2)25-18(14)11-15(17)9-16(12-20)19(22)21-6-5-7-23-3/h9-11,13H,4-8H2,1-3H3,(H,21,22). The summed E-state index contributed by atoms with van der Waals surface area (Å²) in [5.41, 5.74) is 1.78. The minimum Gasteiger partial charge on any atom is -0.493 e. The maximum Gasteiger partial charge on any atom is 0.261 e. The Kier molecular flexibility index (Phi) is 6.84. The lowest BCUT2D eigenvalue weighted by Crippen LogP contribution is -2.26. The SMILES string of the molecule is CCOc1cc2c(cc1C=C(C#N)C(=O)NCCCOC)OC(C)C2. The second-order valence-corrected chi connectivity index (χ2v) is 5.84. The molecule has 1 aliphatic rings. The lowest BCUT2D eigenvalue weighted by Gasteiger charge is -2.11. The van der Waals surface area contributed by atoms with E-state index in [4.69, 9.17) is 14.2 Å². The fourth-order valence-corrected chi connectivity index (χ4v) is 2.67. The molecule has 0 aromatic heterocycles. The van der Waals surface area contributed by atoms with Crippen molar-refractivity contribution >= 4 is 12.0 Å². The summed E-state index contributed by atoms with van der Waals surface area (Å²) in [5, 5.41) is 12.1. The van der Waals surface area contributed by atoms with Crippen LogP contribution in [0.15, 0.2) is 17.7 Å². The molecule has 1 N–H and O–H groups in total. The molecule has 1 aliphatic heterocycles. The number of nitriles is 1. The van der Waals surface area contributed by atoms with E-state index in [0.29, 0.717) is 37.5 Å². The highest BCUT2D eigenvalue weighted by Gasteiger charge is 2.22. The van der Waals surface area contributed by atoms with Crippen molar-refractivity contribution in [1.82, 2.24) is 5.32 Å². The molecule has 2 rings (SSSR count). The van der Waals surface area contributed by atoms with Crippen LogP contribution in [0.4, 0.5) is 0 Å². The second kappa shape index (κ2) is 9.09. The van der Waals surface area contributed by atoms with Gasteiger partial charge in [0.2, 0.25) is 0 Å². The first-order valence-corrected chi connectivity index (χ1v) is 8.44. The molecule has 0 spiro atoms. The highest BCUT2D eigenvalue weighted by Crippen LogP contribution is 2.36. The molecule has 134 valence electrons. The van der Waals surface area contributed by atoms with Crippen molar-refractivity contribution in [3.8, 4) is 17.6 Å². The monoisotopic (exact) mass is 344 g/mol. The van der Waals surface area contributed by atoms with E-state index in [-0.39, 0.29) is 11.7 Å². The molecule has 0 bridgehead atoms. The van der Waals surface area contributed by atoms with Gasteiger partial charge in [-0.1, -0.05) is 0 Å². The molecule has 0 aliphatic carbocycles. The summed E-state index contributed by atoms with van der Waals surface area (Å²) in [5.74, 6) is 1.02. The van der Waals surface area contributed by atoms with Gasteiger partial charge in [0.25, 0.3) is 5.91 Å². The number of rotatable bonds is 8. The van der Waals surface area contributed by atoms with Crippen LogP contribution in [0.25, 0.3) is 6.08 Å². The molecule has 0 fully saturated rings. The summed E-state index contributed by atoms with van der Waals surface area (Å²) in [7, 11) is 1.61. The van der Waals surface area contributed by atoms with Crippen molar-refractivity contribution in [3.05, 3.63) is 28.8 Å². The Balaban J connectivity index is 2.23. The molecule has 1 amide bonds. The number of carbonyl (C=O) groups is 1. The summed E-state index contributed by atoms with van der Waals surface area (Å²) in [6.45, 7) is 5.41. The van der Waals surface area contributed by atoms with E-state index < -0.39 is 5.91 Å². The third kappa shape index (κ3) is 4.97. The lowest BCUT2D eigenvalue weighted by atomic mass is 10.0. The third-order valence-electron chi connectivity index (χ3n) is 3.80. The van der Waals surface area contributed by atoms with E-state index in [1.54, 1.807) is 13.2 Å². The van der Waals surface area contributed by atoms with Crippen molar-refractivity contribution < 1.29 is 19.0 Å². The van der Waals surface area contributed by atoms with Crippen LogP contribution >= 0.6 is 0 Å². The average molecular weight is 344 g/mol. The molecular formula is C19H24N2O4. The van der Waals surface area contributed by atoms with E-state index >= 15 is 0 Å². The summed E-state index contributed by atoms with van der Waals surface area (Å²) >= 11 is 0. The Bertz CT molecular complexity index is 691. The highest BCUT2D eigenvalue weighted by molar-refractivity contribution is 6.02. The molecule has 0 saturated carbocycles. The number of amides is 1. The van der Waals surface area contributed by atoms with Crippen molar-refractivity contribution in [2.75, 3.05) is 26.9 Å². The number of benzene rings is 1. The fraction of sp³-hybridized carbons (Fsp3) is 0.474. The van der Waals surface area contributed by atoms with E-state index in [0.717, 1.165) is 17.7 Å². The first-order chi connectivity index (χ1) is 12.1. The number of nitrogens with one attached hydrogen (secondary N) is 1. The normalized spacial score (nSPS) is 15.9. The van der Waals surface area contributed by atoms with Crippen LogP contribution in [0.3, 0.4) is 0 Å². The number of methoxy groups -OCH3 is 1. The largest absolute Gasteiger partial charge is 0.493 e. The molecule has 1 atom stereocenters. The van der Waals surface area contributed by atoms with E-state index in [1.807, 2.05) is 32.0 Å². The Morgan fingerprint density at radius 1 is 1.52 bits per heavy atom. The predicted molar refractivity (Wildman–Crippen MR) is 94.5 cm³/mol. The van der Waals surface area contributed by atoms with Gasteiger partial charge in [0.15, 0.2) is 0 Å². The Labute approximate surface area is 148 Å². The molecule has 0 saturated heterocycles. The van der Waals surface area contributed by atoms with Crippen LogP contribution in [-0.4, -0.2) is 38.9 Å². The summed E-state index contributed by atoms with van der Waals surface area (Å²) < 4.78 is 16.4.